The summed E-state index contributed by atoms with van der Waals surface area (Å²) in [5.74, 6) is 3.06. The van der Waals surface area contributed by atoms with Crippen molar-refractivity contribution >= 4 is 0 Å². The first kappa shape index (κ1) is 11.3. The van der Waals surface area contributed by atoms with Gasteiger partial charge in [-0.2, -0.15) is 5.10 Å². The molecule has 1 heterocycles. The molecule has 3 heteroatoms. The lowest BCUT2D eigenvalue weighted by atomic mass is 9.98. The van der Waals surface area contributed by atoms with Crippen molar-refractivity contribution < 1.29 is 0 Å². The highest BCUT2D eigenvalue weighted by atomic mass is 15.3. The van der Waals surface area contributed by atoms with E-state index in [1.807, 2.05) is 17.9 Å². The molecular formula is C14H23N3. The van der Waals surface area contributed by atoms with Crippen LogP contribution >= 0.6 is 0 Å². The molecule has 0 radical (unpaired) electrons. The average molecular weight is 233 g/mol. The van der Waals surface area contributed by atoms with Crippen LogP contribution in [0.3, 0.4) is 0 Å². The van der Waals surface area contributed by atoms with Gasteiger partial charge in [-0.3, -0.25) is 4.68 Å². The van der Waals surface area contributed by atoms with E-state index in [2.05, 4.69) is 17.3 Å². The molecule has 0 spiro atoms. The summed E-state index contributed by atoms with van der Waals surface area (Å²) in [6, 6.07) is 0. The Labute approximate surface area is 104 Å². The van der Waals surface area contributed by atoms with Gasteiger partial charge in [0.2, 0.25) is 0 Å². The summed E-state index contributed by atoms with van der Waals surface area (Å²) < 4.78 is 1.95. The van der Waals surface area contributed by atoms with Gasteiger partial charge in [0, 0.05) is 24.8 Å². The van der Waals surface area contributed by atoms with Crippen molar-refractivity contribution in [2.75, 3.05) is 6.54 Å². The summed E-state index contributed by atoms with van der Waals surface area (Å²) in [5.41, 5.74) is 2.63. The maximum atomic E-state index is 4.29. The molecule has 0 unspecified atom stereocenters. The maximum Gasteiger partial charge on any atom is 0.0537 e. The zero-order chi connectivity index (χ0) is 11.8. The van der Waals surface area contributed by atoms with Gasteiger partial charge >= 0.3 is 0 Å². The van der Waals surface area contributed by atoms with Gasteiger partial charge in [0.25, 0.3) is 0 Å². The highest BCUT2D eigenvalue weighted by Crippen LogP contribution is 2.48. The second-order valence-corrected chi connectivity index (χ2v) is 5.85. The lowest BCUT2D eigenvalue weighted by Crippen LogP contribution is -2.25. The van der Waals surface area contributed by atoms with E-state index in [0.29, 0.717) is 0 Å². The van der Waals surface area contributed by atoms with Gasteiger partial charge in [0.15, 0.2) is 0 Å². The van der Waals surface area contributed by atoms with Crippen LogP contribution in [0, 0.1) is 24.7 Å². The minimum Gasteiger partial charge on any atom is -0.312 e. The van der Waals surface area contributed by atoms with E-state index < -0.39 is 0 Å². The predicted molar refractivity (Wildman–Crippen MR) is 68.6 cm³/mol. The summed E-state index contributed by atoms with van der Waals surface area (Å²) in [5, 5.41) is 7.93. The quantitative estimate of drug-likeness (QED) is 0.816. The van der Waals surface area contributed by atoms with Gasteiger partial charge in [-0.05, 0) is 56.9 Å². The van der Waals surface area contributed by atoms with Crippen molar-refractivity contribution in [1.29, 1.82) is 0 Å². The Morgan fingerprint density at radius 2 is 2.00 bits per heavy atom. The second-order valence-electron chi connectivity index (χ2n) is 5.85. The van der Waals surface area contributed by atoms with Crippen LogP contribution in [0.2, 0.25) is 0 Å². The average Bonchev–Trinajstić information content (AvgIpc) is 3.20. The minimum atomic E-state index is 0.965. The van der Waals surface area contributed by atoms with Crippen molar-refractivity contribution in [2.45, 2.75) is 39.2 Å². The molecule has 2 aliphatic rings. The van der Waals surface area contributed by atoms with E-state index in [4.69, 9.17) is 0 Å². The predicted octanol–water partition coefficient (Wildman–Crippen LogP) is 2.25. The van der Waals surface area contributed by atoms with E-state index in [0.717, 1.165) is 24.3 Å². The Balaban J connectivity index is 1.49. The van der Waals surface area contributed by atoms with Gasteiger partial charge in [-0.25, -0.2) is 0 Å². The number of hydrogen-bond acceptors (Lipinski definition) is 2. The Bertz CT molecular complexity index is 376. The number of aryl methyl sites for hydroxylation is 1. The topological polar surface area (TPSA) is 29.9 Å². The third-order valence-electron chi connectivity index (χ3n) is 4.49. The van der Waals surface area contributed by atoms with E-state index in [9.17, 15) is 0 Å². The molecule has 0 saturated heterocycles. The second kappa shape index (κ2) is 4.45. The minimum absolute atomic E-state index is 0.965. The van der Waals surface area contributed by atoms with Crippen LogP contribution < -0.4 is 5.32 Å². The van der Waals surface area contributed by atoms with Crippen LogP contribution in [0.25, 0.3) is 0 Å². The van der Waals surface area contributed by atoms with Crippen molar-refractivity contribution in [3.8, 4) is 0 Å². The van der Waals surface area contributed by atoms with Crippen LogP contribution in [0.4, 0.5) is 0 Å². The fraction of sp³-hybridized carbons (Fsp3) is 0.786. The fourth-order valence-electron chi connectivity index (χ4n) is 2.86. The third kappa shape index (κ3) is 2.54. The van der Waals surface area contributed by atoms with Crippen molar-refractivity contribution in [3.05, 3.63) is 17.5 Å². The molecule has 0 bridgehead atoms. The van der Waals surface area contributed by atoms with Gasteiger partial charge in [0.05, 0.1) is 6.20 Å². The SMILES string of the molecule is Cc1c(CNCC(C2CC2)C2CC2)cnn1C. The van der Waals surface area contributed by atoms with Crippen LogP contribution in [-0.4, -0.2) is 16.3 Å². The van der Waals surface area contributed by atoms with Crippen LogP contribution in [0.5, 0.6) is 0 Å². The van der Waals surface area contributed by atoms with E-state index in [-0.39, 0.29) is 0 Å². The molecule has 94 valence electrons. The van der Waals surface area contributed by atoms with Crippen LogP contribution in [-0.2, 0) is 13.6 Å². The number of nitrogens with zero attached hydrogens (tertiary/aromatic N) is 2. The molecule has 2 saturated carbocycles. The Morgan fingerprint density at radius 3 is 2.47 bits per heavy atom. The summed E-state index contributed by atoms with van der Waals surface area (Å²) in [7, 11) is 2.01. The molecule has 0 aromatic carbocycles. The molecule has 1 aromatic rings. The smallest absolute Gasteiger partial charge is 0.0537 e. The van der Waals surface area contributed by atoms with Gasteiger partial charge in [-0.15, -0.1) is 0 Å². The molecule has 17 heavy (non-hydrogen) atoms. The molecule has 3 rings (SSSR count). The van der Waals surface area contributed by atoms with Gasteiger partial charge < -0.3 is 5.32 Å². The molecule has 2 aliphatic carbocycles. The Kier molecular flexibility index (Phi) is 2.95. The Hall–Kier alpha value is -0.830. The van der Waals surface area contributed by atoms with Gasteiger partial charge in [-0.1, -0.05) is 0 Å². The van der Waals surface area contributed by atoms with E-state index >= 15 is 0 Å². The lowest BCUT2D eigenvalue weighted by Gasteiger charge is -2.16. The van der Waals surface area contributed by atoms with Crippen molar-refractivity contribution in [1.82, 2.24) is 15.1 Å². The maximum absolute atomic E-state index is 4.29. The van der Waals surface area contributed by atoms with Crippen LogP contribution in [0.1, 0.15) is 36.9 Å². The van der Waals surface area contributed by atoms with Crippen molar-refractivity contribution in [2.24, 2.45) is 24.8 Å². The number of rotatable bonds is 6. The first-order valence-corrected chi connectivity index (χ1v) is 6.94. The van der Waals surface area contributed by atoms with Crippen LogP contribution in [0.15, 0.2) is 6.20 Å². The summed E-state index contributed by atoms with van der Waals surface area (Å²) in [6.07, 6.45) is 7.92. The molecule has 1 aromatic heterocycles. The Morgan fingerprint density at radius 1 is 1.35 bits per heavy atom. The standard InChI is InChI=1S/C14H23N3/c1-10-13(8-16-17(10)2)7-15-9-14(11-3-4-11)12-5-6-12/h8,11-12,14-15H,3-7,9H2,1-2H3. The number of hydrogen-bond donors (Lipinski definition) is 1. The molecule has 0 atom stereocenters. The normalized spacial score (nSPS) is 20.2. The third-order valence-corrected chi connectivity index (χ3v) is 4.49. The molecule has 2 fully saturated rings. The van der Waals surface area contributed by atoms with E-state index in [1.54, 1.807) is 0 Å². The highest BCUT2D eigenvalue weighted by Gasteiger charge is 2.40. The number of aromatic nitrogens is 2. The monoisotopic (exact) mass is 233 g/mol. The van der Waals surface area contributed by atoms with Crippen molar-refractivity contribution in [3.63, 3.8) is 0 Å². The van der Waals surface area contributed by atoms with E-state index in [1.165, 1.54) is 43.5 Å². The molecule has 1 N–H and O–H groups in total. The summed E-state index contributed by atoms with van der Waals surface area (Å²) in [4.78, 5) is 0. The molecule has 3 nitrogen and oxygen atoms in total. The molecule has 0 aliphatic heterocycles. The molecule has 0 amide bonds. The first-order chi connectivity index (χ1) is 8.25. The summed E-state index contributed by atoms with van der Waals surface area (Å²) >= 11 is 0. The summed E-state index contributed by atoms with van der Waals surface area (Å²) in [6.45, 7) is 4.34. The van der Waals surface area contributed by atoms with Gasteiger partial charge in [0.1, 0.15) is 0 Å². The highest BCUT2D eigenvalue weighted by molar-refractivity contribution is 5.15. The number of nitrogens with one attached hydrogen (secondary N) is 1. The zero-order valence-electron chi connectivity index (χ0n) is 10.9. The zero-order valence-corrected chi connectivity index (χ0v) is 10.9. The fourth-order valence-corrected chi connectivity index (χ4v) is 2.86. The molecular weight excluding hydrogens is 210 g/mol. The lowest BCUT2D eigenvalue weighted by molar-refractivity contribution is 0.378. The first-order valence-electron chi connectivity index (χ1n) is 6.94. The largest absolute Gasteiger partial charge is 0.312 e.